The Hall–Kier alpha value is -3.75. The number of likely N-dealkylation sites (tertiary alicyclic amines) is 1. The molecule has 3 heterocycles. The predicted octanol–water partition coefficient (Wildman–Crippen LogP) is 3.46. The molecule has 2 fully saturated rings. The maximum Gasteiger partial charge on any atom is 0.325 e. The van der Waals surface area contributed by atoms with Crippen LogP contribution in [-0.2, 0) is 16.1 Å². The topological polar surface area (TPSA) is 93.3 Å². The lowest BCUT2D eigenvalue weighted by Crippen LogP contribution is -2.63. The summed E-state index contributed by atoms with van der Waals surface area (Å²) < 4.78 is 18.5. The SMILES string of the molecule is CC(=O)N1CC2(CC(n3ncc4cc(F)c(-c5cccc6c5cnn6CC(=O)O)cc43)C2)C1. The smallest absolute Gasteiger partial charge is 0.325 e. The number of hydrogen-bond donors (Lipinski definition) is 1. The maximum atomic E-state index is 15.2. The van der Waals surface area contributed by atoms with Gasteiger partial charge >= 0.3 is 5.97 Å². The molecule has 0 unspecified atom stereocenters. The number of benzene rings is 2. The van der Waals surface area contributed by atoms with E-state index in [1.54, 1.807) is 31.5 Å². The van der Waals surface area contributed by atoms with Gasteiger partial charge in [0, 0.05) is 41.8 Å². The van der Waals surface area contributed by atoms with Gasteiger partial charge in [0.1, 0.15) is 12.4 Å². The molecule has 8 nitrogen and oxygen atoms in total. The van der Waals surface area contributed by atoms with Crippen molar-refractivity contribution in [2.45, 2.75) is 32.4 Å². The van der Waals surface area contributed by atoms with Gasteiger partial charge in [0.15, 0.2) is 0 Å². The van der Waals surface area contributed by atoms with E-state index in [4.69, 9.17) is 5.11 Å². The van der Waals surface area contributed by atoms with Crippen molar-refractivity contribution in [3.05, 3.63) is 48.5 Å². The van der Waals surface area contributed by atoms with Crippen LogP contribution in [0.15, 0.2) is 42.7 Å². The van der Waals surface area contributed by atoms with E-state index in [0.29, 0.717) is 22.0 Å². The highest BCUT2D eigenvalue weighted by Crippen LogP contribution is 2.54. The van der Waals surface area contributed by atoms with Gasteiger partial charge in [-0.05, 0) is 36.6 Å². The summed E-state index contributed by atoms with van der Waals surface area (Å²) in [6.45, 7) is 2.96. The molecule has 6 rings (SSSR count). The molecular formula is C24H22FN5O3. The molecule has 4 aromatic rings. The number of carbonyl (C=O) groups is 2. The van der Waals surface area contributed by atoms with Gasteiger partial charge in [0.25, 0.3) is 0 Å². The molecule has 1 saturated carbocycles. The Balaban J connectivity index is 1.36. The highest BCUT2D eigenvalue weighted by Gasteiger charge is 2.54. The van der Waals surface area contributed by atoms with Crippen LogP contribution in [0.1, 0.15) is 25.8 Å². The minimum Gasteiger partial charge on any atom is -0.480 e. The Kier molecular flexibility index (Phi) is 4.14. The van der Waals surface area contributed by atoms with Crippen LogP contribution < -0.4 is 0 Å². The van der Waals surface area contributed by atoms with E-state index in [2.05, 4.69) is 10.2 Å². The fourth-order valence-corrected chi connectivity index (χ4v) is 5.51. The predicted molar refractivity (Wildman–Crippen MR) is 119 cm³/mol. The lowest BCUT2D eigenvalue weighted by molar-refractivity contribution is -0.151. The molecule has 1 N–H and O–H groups in total. The van der Waals surface area contributed by atoms with Crippen LogP contribution >= 0.6 is 0 Å². The van der Waals surface area contributed by atoms with Gasteiger partial charge in [0.2, 0.25) is 5.91 Å². The highest BCUT2D eigenvalue weighted by atomic mass is 19.1. The first-order chi connectivity index (χ1) is 15.8. The molecule has 2 aliphatic rings. The summed E-state index contributed by atoms with van der Waals surface area (Å²) in [5, 5.41) is 19.3. The summed E-state index contributed by atoms with van der Waals surface area (Å²) >= 11 is 0. The summed E-state index contributed by atoms with van der Waals surface area (Å²) in [7, 11) is 0. The third-order valence-electron chi connectivity index (χ3n) is 7.13. The van der Waals surface area contributed by atoms with Gasteiger partial charge < -0.3 is 10.0 Å². The molecule has 0 atom stereocenters. The molecule has 1 aliphatic carbocycles. The van der Waals surface area contributed by atoms with Crippen molar-refractivity contribution in [3.8, 4) is 11.1 Å². The van der Waals surface area contributed by atoms with E-state index in [1.807, 2.05) is 21.7 Å². The molecule has 1 aliphatic heterocycles. The lowest BCUT2D eigenvalue weighted by Gasteiger charge is -2.58. The van der Waals surface area contributed by atoms with Gasteiger partial charge in [-0.1, -0.05) is 12.1 Å². The van der Waals surface area contributed by atoms with Crippen LogP contribution in [-0.4, -0.2) is 54.5 Å². The fraction of sp³-hybridized carbons (Fsp3) is 0.333. The summed E-state index contributed by atoms with van der Waals surface area (Å²) in [6.07, 6.45) is 5.19. The Morgan fingerprint density at radius 3 is 2.64 bits per heavy atom. The first-order valence-corrected chi connectivity index (χ1v) is 10.9. The first kappa shape index (κ1) is 19.9. The normalized spacial score (nSPS) is 17.5. The number of hydrogen-bond acceptors (Lipinski definition) is 4. The number of carboxylic acid groups (broad SMARTS) is 1. The lowest BCUT2D eigenvalue weighted by atomic mass is 9.60. The molecule has 2 aromatic carbocycles. The zero-order chi connectivity index (χ0) is 22.9. The Bertz CT molecular complexity index is 1440. The summed E-state index contributed by atoms with van der Waals surface area (Å²) in [5.41, 5.74) is 2.80. The Morgan fingerprint density at radius 1 is 1.12 bits per heavy atom. The summed E-state index contributed by atoms with van der Waals surface area (Å²) in [5.74, 6) is -1.23. The number of rotatable bonds is 4. The molecule has 1 saturated heterocycles. The first-order valence-electron chi connectivity index (χ1n) is 10.9. The van der Waals surface area contributed by atoms with Crippen LogP contribution in [0, 0.1) is 11.2 Å². The van der Waals surface area contributed by atoms with Gasteiger partial charge in [0.05, 0.1) is 29.5 Å². The summed E-state index contributed by atoms with van der Waals surface area (Å²) in [6, 6.07) is 8.95. The van der Waals surface area contributed by atoms with Gasteiger partial charge in [-0.15, -0.1) is 0 Å². The molecule has 168 valence electrons. The van der Waals surface area contributed by atoms with E-state index in [9.17, 15) is 9.59 Å². The Labute approximate surface area is 188 Å². The third kappa shape index (κ3) is 3.02. The zero-order valence-electron chi connectivity index (χ0n) is 18.0. The van der Waals surface area contributed by atoms with Crippen molar-refractivity contribution >= 4 is 33.7 Å². The second kappa shape index (κ2) is 6.87. The van der Waals surface area contributed by atoms with Gasteiger partial charge in [-0.2, -0.15) is 10.2 Å². The molecule has 1 amide bonds. The number of carbonyl (C=O) groups excluding carboxylic acids is 1. The molecule has 2 aromatic heterocycles. The fourth-order valence-electron chi connectivity index (χ4n) is 5.51. The van der Waals surface area contributed by atoms with Crippen LogP contribution in [0.5, 0.6) is 0 Å². The van der Waals surface area contributed by atoms with E-state index in [1.165, 1.54) is 10.7 Å². The molecule has 1 spiro atoms. The van der Waals surface area contributed by atoms with Crippen molar-refractivity contribution in [2.75, 3.05) is 13.1 Å². The van der Waals surface area contributed by atoms with Crippen molar-refractivity contribution in [2.24, 2.45) is 5.41 Å². The summed E-state index contributed by atoms with van der Waals surface area (Å²) in [4.78, 5) is 24.5. The average molecular weight is 447 g/mol. The molecular weight excluding hydrogens is 425 g/mol. The van der Waals surface area contributed by atoms with Crippen molar-refractivity contribution in [3.63, 3.8) is 0 Å². The second-order valence-electron chi connectivity index (χ2n) is 9.35. The number of nitrogens with zero attached hydrogens (tertiary/aromatic N) is 5. The number of fused-ring (bicyclic) bond motifs is 2. The number of aliphatic carboxylic acids is 1. The maximum absolute atomic E-state index is 15.2. The molecule has 9 heteroatoms. The van der Waals surface area contributed by atoms with Crippen molar-refractivity contribution in [1.82, 2.24) is 24.5 Å². The Morgan fingerprint density at radius 2 is 1.91 bits per heavy atom. The molecule has 0 bridgehead atoms. The van der Waals surface area contributed by atoms with Crippen LogP contribution in [0.3, 0.4) is 0 Å². The second-order valence-corrected chi connectivity index (χ2v) is 9.35. The standard InChI is InChI=1S/C24H22FN5O3/c1-14(31)28-12-24(13-28)7-16(8-24)30-22-6-18(20(25)5-15(22)9-27-30)17-3-2-4-21-19(17)10-26-29(21)11-23(32)33/h2-6,9-10,16H,7-8,11-13H2,1H3,(H,32,33). The van der Waals surface area contributed by atoms with E-state index < -0.39 is 5.97 Å². The number of halogens is 1. The van der Waals surface area contributed by atoms with Crippen molar-refractivity contribution < 1.29 is 19.1 Å². The van der Waals surface area contributed by atoms with Gasteiger partial charge in [-0.25, -0.2) is 4.39 Å². The van der Waals surface area contributed by atoms with E-state index in [0.717, 1.165) is 36.8 Å². The van der Waals surface area contributed by atoms with E-state index >= 15 is 4.39 Å². The number of amides is 1. The quantitative estimate of drug-likeness (QED) is 0.517. The largest absolute Gasteiger partial charge is 0.480 e. The molecule has 0 radical (unpaired) electrons. The van der Waals surface area contributed by atoms with Crippen LogP contribution in [0.25, 0.3) is 32.9 Å². The van der Waals surface area contributed by atoms with Gasteiger partial charge in [-0.3, -0.25) is 19.0 Å². The van der Waals surface area contributed by atoms with Crippen LogP contribution in [0.4, 0.5) is 4.39 Å². The zero-order valence-corrected chi connectivity index (χ0v) is 18.0. The van der Waals surface area contributed by atoms with E-state index in [-0.39, 0.29) is 29.7 Å². The number of aromatic nitrogens is 4. The number of carboxylic acids is 1. The highest BCUT2D eigenvalue weighted by molar-refractivity contribution is 5.97. The average Bonchev–Trinajstić information content (AvgIpc) is 3.29. The monoisotopic (exact) mass is 447 g/mol. The third-order valence-corrected chi connectivity index (χ3v) is 7.13. The van der Waals surface area contributed by atoms with Crippen molar-refractivity contribution in [1.29, 1.82) is 0 Å². The molecule has 33 heavy (non-hydrogen) atoms. The minimum atomic E-state index is -0.988. The van der Waals surface area contributed by atoms with Crippen LogP contribution in [0.2, 0.25) is 0 Å². The minimum absolute atomic E-state index is 0.120.